The Morgan fingerprint density at radius 2 is 2.26 bits per heavy atom. The van der Waals surface area contributed by atoms with E-state index >= 15 is 0 Å². The third-order valence-corrected chi connectivity index (χ3v) is 3.60. The highest BCUT2D eigenvalue weighted by Gasteiger charge is 2.25. The van der Waals surface area contributed by atoms with Gasteiger partial charge in [0.1, 0.15) is 11.9 Å². The highest BCUT2D eigenvalue weighted by atomic mass is 35.5. The van der Waals surface area contributed by atoms with Gasteiger partial charge < -0.3 is 9.84 Å². The third-order valence-electron chi connectivity index (χ3n) is 3.37. The molecule has 106 valence electrons. The topological polar surface area (TPSA) is 32.7 Å². The van der Waals surface area contributed by atoms with E-state index in [1.807, 2.05) is 38.1 Å². The average molecular weight is 284 g/mol. The summed E-state index contributed by atoms with van der Waals surface area (Å²) >= 11 is 5.94. The summed E-state index contributed by atoms with van der Waals surface area (Å²) in [6.07, 6.45) is 2.04. The Labute approximate surface area is 120 Å². The van der Waals surface area contributed by atoms with E-state index in [1.54, 1.807) is 0 Å². The first kappa shape index (κ1) is 14.6. The van der Waals surface area contributed by atoms with Crippen molar-refractivity contribution in [2.45, 2.75) is 38.4 Å². The maximum absolute atomic E-state index is 9.74. The van der Waals surface area contributed by atoms with Crippen LogP contribution in [0.2, 0.25) is 5.02 Å². The fraction of sp³-hybridized carbons (Fsp3) is 0.600. The zero-order valence-corrected chi connectivity index (χ0v) is 12.4. The van der Waals surface area contributed by atoms with Crippen molar-refractivity contribution in [1.29, 1.82) is 0 Å². The molecular weight excluding hydrogens is 262 g/mol. The third kappa shape index (κ3) is 5.01. The zero-order valence-electron chi connectivity index (χ0n) is 11.6. The number of nitrogens with zero attached hydrogens (tertiary/aromatic N) is 1. The molecule has 0 saturated carbocycles. The standard InChI is InChI=1S/C15H22ClNO2/c1-15(2,18)7-9-17-8-6-14(11-17)19-13-5-3-4-12(16)10-13/h3-5,10,14,18H,6-9,11H2,1-2H3/t14-/m1/s1. The largest absolute Gasteiger partial charge is 0.489 e. The summed E-state index contributed by atoms with van der Waals surface area (Å²) in [7, 11) is 0. The van der Waals surface area contributed by atoms with E-state index in [0.29, 0.717) is 5.02 Å². The van der Waals surface area contributed by atoms with Gasteiger partial charge in [-0.3, -0.25) is 4.90 Å². The van der Waals surface area contributed by atoms with Crippen molar-refractivity contribution >= 4 is 11.6 Å². The van der Waals surface area contributed by atoms with E-state index in [2.05, 4.69) is 4.90 Å². The van der Waals surface area contributed by atoms with Crippen molar-refractivity contribution in [3.05, 3.63) is 29.3 Å². The van der Waals surface area contributed by atoms with Gasteiger partial charge in [-0.25, -0.2) is 0 Å². The quantitative estimate of drug-likeness (QED) is 0.902. The second-order valence-electron chi connectivity index (χ2n) is 5.85. The van der Waals surface area contributed by atoms with Crippen LogP contribution in [-0.4, -0.2) is 41.3 Å². The van der Waals surface area contributed by atoms with Crippen LogP contribution in [0, 0.1) is 0 Å². The Morgan fingerprint density at radius 3 is 2.95 bits per heavy atom. The first-order valence-corrected chi connectivity index (χ1v) is 7.17. The van der Waals surface area contributed by atoms with E-state index in [1.165, 1.54) is 0 Å². The van der Waals surface area contributed by atoms with E-state index < -0.39 is 5.60 Å². The molecule has 1 saturated heterocycles. The van der Waals surface area contributed by atoms with Crippen molar-refractivity contribution in [1.82, 2.24) is 4.90 Å². The zero-order chi connectivity index (χ0) is 13.9. The summed E-state index contributed by atoms with van der Waals surface area (Å²) in [5, 5.41) is 10.4. The first-order valence-electron chi connectivity index (χ1n) is 6.79. The van der Waals surface area contributed by atoms with Crippen LogP contribution in [0.25, 0.3) is 0 Å². The molecule has 1 fully saturated rings. The molecule has 1 atom stereocenters. The van der Waals surface area contributed by atoms with Crippen LogP contribution >= 0.6 is 11.6 Å². The summed E-state index contributed by atoms with van der Waals surface area (Å²) in [6.45, 7) is 6.56. The maximum Gasteiger partial charge on any atom is 0.121 e. The number of hydrogen-bond donors (Lipinski definition) is 1. The molecule has 0 spiro atoms. The Morgan fingerprint density at radius 1 is 1.47 bits per heavy atom. The first-order chi connectivity index (χ1) is 8.92. The number of halogens is 1. The summed E-state index contributed by atoms with van der Waals surface area (Å²) in [6, 6.07) is 7.53. The Balaban J connectivity index is 1.79. The smallest absolute Gasteiger partial charge is 0.121 e. The van der Waals surface area contributed by atoms with Gasteiger partial charge in [0.15, 0.2) is 0 Å². The van der Waals surface area contributed by atoms with Crippen molar-refractivity contribution < 1.29 is 9.84 Å². The number of benzene rings is 1. The van der Waals surface area contributed by atoms with Crippen LogP contribution < -0.4 is 4.74 Å². The summed E-state index contributed by atoms with van der Waals surface area (Å²) in [4.78, 5) is 2.34. The Kier molecular flexibility index (Phi) is 4.71. The molecule has 0 unspecified atom stereocenters. The van der Waals surface area contributed by atoms with Gasteiger partial charge in [0.2, 0.25) is 0 Å². The van der Waals surface area contributed by atoms with E-state index in [4.69, 9.17) is 16.3 Å². The van der Waals surface area contributed by atoms with E-state index in [-0.39, 0.29) is 6.10 Å². The van der Waals surface area contributed by atoms with Gasteiger partial charge in [0.25, 0.3) is 0 Å². The van der Waals surface area contributed by atoms with Crippen molar-refractivity contribution in [2.24, 2.45) is 0 Å². The molecule has 1 aliphatic heterocycles. The molecule has 1 aromatic carbocycles. The van der Waals surface area contributed by atoms with Gasteiger partial charge in [-0.05, 0) is 44.9 Å². The van der Waals surface area contributed by atoms with E-state index in [0.717, 1.165) is 38.2 Å². The number of hydrogen-bond acceptors (Lipinski definition) is 3. The summed E-state index contributed by atoms with van der Waals surface area (Å²) in [5.41, 5.74) is -0.591. The molecule has 0 radical (unpaired) electrons. The minimum Gasteiger partial charge on any atom is -0.489 e. The van der Waals surface area contributed by atoms with E-state index in [9.17, 15) is 5.11 Å². The van der Waals surface area contributed by atoms with Crippen molar-refractivity contribution in [3.8, 4) is 5.75 Å². The monoisotopic (exact) mass is 283 g/mol. The van der Waals surface area contributed by atoms with Crippen LogP contribution in [0.5, 0.6) is 5.75 Å². The Bertz CT molecular complexity index is 417. The number of rotatable bonds is 5. The fourth-order valence-corrected chi connectivity index (χ4v) is 2.44. The van der Waals surface area contributed by atoms with Crippen LogP contribution in [0.4, 0.5) is 0 Å². The molecule has 1 aromatic rings. The van der Waals surface area contributed by atoms with Crippen LogP contribution in [0.1, 0.15) is 26.7 Å². The molecule has 4 heteroatoms. The molecule has 0 amide bonds. The molecule has 0 aliphatic carbocycles. The van der Waals surface area contributed by atoms with Crippen molar-refractivity contribution in [2.75, 3.05) is 19.6 Å². The molecule has 19 heavy (non-hydrogen) atoms. The normalized spacial score (nSPS) is 20.7. The van der Waals surface area contributed by atoms with Gasteiger partial charge in [0, 0.05) is 24.7 Å². The average Bonchev–Trinajstić information content (AvgIpc) is 2.73. The highest BCUT2D eigenvalue weighted by molar-refractivity contribution is 6.30. The summed E-state index contributed by atoms with van der Waals surface area (Å²) in [5.74, 6) is 0.835. The molecule has 3 nitrogen and oxygen atoms in total. The Hall–Kier alpha value is -0.770. The molecule has 0 aromatic heterocycles. The van der Waals surface area contributed by atoms with Gasteiger partial charge in [0.05, 0.1) is 5.60 Å². The predicted octanol–water partition coefficient (Wildman–Crippen LogP) is 2.95. The van der Waals surface area contributed by atoms with Crippen LogP contribution in [0.3, 0.4) is 0 Å². The lowest BCUT2D eigenvalue weighted by Crippen LogP contribution is -2.31. The molecule has 2 rings (SSSR count). The lowest BCUT2D eigenvalue weighted by molar-refractivity contribution is 0.0591. The predicted molar refractivity (Wildman–Crippen MR) is 77.8 cm³/mol. The molecule has 0 bridgehead atoms. The van der Waals surface area contributed by atoms with Gasteiger partial charge in [-0.15, -0.1) is 0 Å². The lowest BCUT2D eigenvalue weighted by atomic mass is 10.1. The lowest BCUT2D eigenvalue weighted by Gasteiger charge is -2.22. The number of ether oxygens (including phenoxy) is 1. The van der Waals surface area contributed by atoms with Crippen molar-refractivity contribution in [3.63, 3.8) is 0 Å². The molecule has 1 N–H and O–H groups in total. The number of likely N-dealkylation sites (tertiary alicyclic amines) is 1. The minimum atomic E-state index is -0.591. The van der Waals surface area contributed by atoms with Crippen LogP contribution in [-0.2, 0) is 0 Å². The molecule has 1 heterocycles. The molecule has 1 aliphatic rings. The second-order valence-corrected chi connectivity index (χ2v) is 6.29. The second kappa shape index (κ2) is 6.12. The SMILES string of the molecule is CC(C)(O)CCN1CC[C@@H](Oc2cccc(Cl)c2)C1. The summed E-state index contributed by atoms with van der Waals surface area (Å²) < 4.78 is 5.93. The molecular formula is C15H22ClNO2. The highest BCUT2D eigenvalue weighted by Crippen LogP contribution is 2.22. The minimum absolute atomic E-state index is 0.222. The van der Waals surface area contributed by atoms with Crippen LogP contribution in [0.15, 0.2) is 24.3 Å². The fourth-order valence-electron chi connectivity index (χ4n) is 2.26. The number of aliphatic hydroxyl groups is 1. The van der Waals surface area contributed by atoms with Gasteiger partial charge in [-0.2, -0.15) is 0 Å². The van der Waals surface area contributed by atoms with Gasteiger partial charge >= 0.3 is 0 Å². The maximum atomic E-state index is 9.74. The van der Waals surface area contributed by atoms with Gasteiger partial charge in [-0.1, -0.05) is 17.7 Å².